The number of amides is 1. The second-order valence-electron chi connectivity index (χ2n) is 5.66. The number of carbonyl (C=O) groups excluding carboxylic acids is 1. The molecule has 1 amide bonds. The van der Waals surface area contributed by atoms with E-state index in [0.29, 0.717) is 16.4 Å². The molecular formula is C18H13ClFN3O. The van der Waals surface area contributed by atoms with Crippen LogP contribution >= 0.6 is 11.6 Å². The fraction of sp³-hybridized carbons (Fsp3) is 0.111. The average Bonchev–Trinajstić information content (AvgIpc) is 2.99. The molecule has 0 spiro atoms. The Morgan fingerprint density at radius 1 is 1.12 bits per heavy atom. The fourth-order valence-electron chi connectivity index (χ4n) is 3.03. The number of fused-ring (bicyclic) bond motifs is 1. The summed E-state index contributed by atoms with van der Waals surface area (Å²) in [5.41, 5.74) is 2.08. The number of hydrogen-bond acceptors (Lipinski definition) is 2. The largest absolute Gasteiger partial charge is 0.310 e. The Morgan fingerprint density at radius 2 is 1.88 bits per heavy atom. The summed E-state index contributed by atoms with van der Waals surface area (Å²) >= 11 is 5.92. The summed E-state index contributed by atoms with van der Waals surface area (Å²) in [7, 11) is 0. The van der Waals surface area contributed by atoms with Gasteiger partial charge in [0.05, 0.1) is 11.9 Å². The van der Waals surface area contributed by atoms with Gasteiger partial charge in [-0.05, 0) is 35.9 Å². The first-order valence-electron chi connectivity index (χ1n) is 7.51. The molecule has 24 heavy (non-hydrogen) atoms. The van der Waals surface area contributed by atoms with Crippen molar-refractivity contribution < 1.29 is 9.18 Å². The van der Waals surface area contributed by atoms with E-state index in [0.717, 1.165) is 11.3 Å². The third-order valence-electron chi connectivity index (χ3n) is 4.17. The first-order valence-corrected chi connectivity index (χ1v) is 7.89. The van der Waals surface area contributed by atoms with E-state index in [-0.39, 0.29) is 24.1 Å². The zero-order chi connectivity index (χ0) is 16.7. The molecule has 4 rings (SSSR count). The molecule has 1 N–H and O–H groups in total. The van der Waals surface area contributed by atoms with Gasteiger partial charge in [-0.2, -0.15) is 5.10 Å². The number of benzene rings is 2. The van der Waals surface area contributed by atoms with E-state index in [1.807, 2.05) is 12.1 Å². The maximum absolute atomic E-state index is 14.2. The topological polar surface area (TPSA) is 46.9 Å². The fourth-order valence-corrected chi connectivity index (χ4v) is 3.16. The van der Waals surface area contributed by atoms with Gasteiger partial charge in [0, 0.05) is 22.9 Å². The molecule has 120 valence electrons. The summed E-state index contributed by atoms with van der Waals surface area (Å²) in [6, 6.07) is 13.7. The first-order chi connectivity index (χ1) is 11.6. The maximum Gasteiger partial charge on any atom is 0.226 e. The van der Waals surface area contributed by atoms with Gasteiger partial charge in [-0.25, -0.2) is 9.07 Å². The lowest BCUT2D eigenvalue weighted by Gasteiger charge is -2.24. The van der Waals surface area contributed by atoms with Crippen molar-refractivity contribution in [3.8, 4) is 5.69 Å². The zero-order valence-corrected chi connectivity index (χ0v) is 13.3. The SMILES string of the molecule is O=C1C[C@H](c2ccccc2F)c2cnn(-c3ccc(Cl)cc3)c2N1. The number of rotatable bonds is 2. The summed E-state index contributed by atoms with van der Waals surface area (Å²) in [5.74, 6) is -0.258. The Bertz CT molecular complexity index is 920. The van der Waals surface area contributed by atoms with Crippen molar-refractivity contribution >= 4 is 23.3 Å². The predicted molar refractivity (Wildman–Crippen MR) is 90.1 cm³/mol. The molecule has 0 saturated heterocycles. The number of halogens is 2. The molecule has 1 aromatic heterocycles. The van der Waals surface area contributed by atoms with Gasteiger partial charge < -0.3 is 5.32 Å². The van der Waals surface area contributed by atoms with Crippen LogP contribution in [0.5, 0.6) is 0 Å². The Kier molecular flexibility index (Phi) is 3.58. The van der Waals surface area contributed by atoms with Crippen molar-refractivity contribution in [3.63, 3.8) is 0 Å². The highest BCUT2D eigenvalue weighted by Crippen LogP contribution is 2.38. The van der Waals surface area contributed by atoms with Crippen molar-refractivity contribution in [2.45, 2.75) is 12.3 Å². The van der Waals surface area contributed by atoms with Crippen molar-refractivity contribution in [1.29, 1.82) is 0 Å². The quantitative estimate of drug-likeness (QED) is 0.761. The van der Waals surface area contributed by atoms with Crippen LogP contribution in [0.4, 0.5) is 10.2 Å². The second-order valence-corrected chi connectivity index (χ2v) is 6.10. The summed E-state index contributed by atoms with van der Waals surface area (Å²) in [4.78, 5) is 12.2. The van der Waals surface area contributed by atoms with Gasteiger partial charge in [0.2, 0.25) is 5.91 Å². The predicted octanol–water partition coefficient (Wildman–Crippen LogP) is 4.14. The first kappa shape index (κ1) is 14.9. The lowest BCUT2D eigenvalue weighted by Crippen LogP contribution is -2.25. The highest BCUT2D eigenvalue weighted by Gasteiger charge is 2.31. The number of carbonyl (C=O) groups is 1. The van der Waals surface area contributed by atoms with Gasteiger partial charge in [-0.15, -0.1) is 0 Å². The van der Waals surface area contributed by atoms with Gasteiger partial charge in [0.15, 0.2) is 0 Å². The molecule has 0 unspecified atom stereocenters. The molecule has 4 nitrogen and oxygen atoms in total. The third-order valence-corrected chi connectivity index (χ3v) is 4.42. The van der Waals surface area contributed by atoms with Crippen molar-refractivity contribution in [3.05, 3.63) is 76.7 Å². The molecule has 0 fully saturated rings. The molecule has 1 atom stereocenters. The van der Waals surface area contributed by atoms with Crippen LogP contribution in [-0.4, -0.2) is 15.7 Å². The molecule has 1 aliphatic rings. The highest BCUT2D eigenvalue weighted by molar-refractivity contribution is 6.30. The van der Waals surface area contributed by atoms with E-state index in [1.54, 1.807) is 41.2 Å². The van der Waals surface area contributed by atoms with Crippen molar-refractivity contribution in [2.75, 3.05) is 5.32 Å². The Morgan fingerprint density at radius 3 is 2.62 bits per heavy atom. The number of aromatic nitrogens is 2. The van der Waals surface area contributed by atoms with Gasteiger partial charge in [0.1, 0.15) is 11.6 Å². The van der Waals surface area contributed by atoms with Crippen LogP contribution in [0.15, 0.2) is 54.7 Å². The molecule has 0 radical (unpaired) electrons. The van der Waals surface area contributed by atoms with Crippen molar-refractivity contribution in [2.24, 2.45) is 0 Å². The zero-order valence-electron chi connectivity index (χ0n) is 12.5. The van der Waals surface area contributed by atoms with Crippen LogP contribution in [0.25, 0.3) is 5.69 Å². The smallest absolute Gasteiger partial charge is 0.226 e. The highest BCUT2D eigenvalue weighted by atomic mass is 35.5. The number of hydrogen-bond donors (Lipinski definition) is 1. The van der Waals surface area contributed by atoms with E-state index in [1.165, 1.54) is 6.07 Å². The van der Waals surface area contributed by atoms with Gasteiger partial charge in [0.25, 0.3) is 0 Å². The monoisotopic (exact) mass is 341 g/mol. The number of nitrogens with one attached hydrogen (secondary N) is 1. The standard InChI is InChI=1S/C18H13ClFN3O/c19-11-5-7-12(8-6-11)23-18-15(10-21-23)14(9-17(24)22-18)13-3-1-2-4-16(13)20/h1-8,10,14H,9H2,(H,22,24)/t14-/m1/s1. The Labute approximate surface area is 142 Å². The Balaban J connectivity index is 1.83. The van der Waals surface area contributed by atoms with E-state index in [2.05, 4.69) is 10.4 Å². The van der Waals surface area contributed by atoms with Crippen LogP contribution < -0.4 is 5.32 Å². The van der Waals surface area contributed by atoms with E-state index in [9.17, 15) is 9.18 Å². The average molecular weight is 342 g/mol. The minimum atomic E-state index is -0.351. The van der Waals surface area contributed by atoms with E-state index >= 15 is 0 Å². The van der Waals surface area contributed by atoms with Gasteiger partial charge in [-0.1, -0.05) is 29.8 Å². The lowest BCUT2D eigenvalue weighted by molar-refractivity contribution is -0.116. The van der Waals surface area contributed by atoms with Gasteiger partial charge >= 0.3 is 0 Å². The Hall–Kier alpha value is -2.66. The normalized spacial score (nSPS) is 16.6. The molecular weight excluding hydrogens is 329 g/mol. The van der Waals surface area contributed by atoms with Crippen LogP contribution in [0.3, 0.4) is 0 Å². The van der Waals surface area contributed by atoms with Crippen LogP contribution in [-0.2, 0) is 4.79 Å². The molecule has 6 heteroatoms. The minimum Gasteiger partial charge on any atom is -0.310 e. The number of anilines is 1. The third kappa shape index (κ3) is 2.47. The molecule has 0 bridgehead atoms. The molecule has 1 aliphatic heterocycles. The minimum absolute atomic E-state index is 0.161. The molecule has 0 saturated carbocycles. The summed E-state index contributed by atoms with van der Waals surface area (Å²) < 4.78 is 15.8. The van der Waals surface area contributed by atoms with E-state index < -0.39 is 0 Å². The number of nitrogens with zero attached hydrogens (tertiary/aromatic N) is 2. The molecule has 2 aromatic carbocycles. The molecule has 3 aromatic rings. The van der Waals surface area contributed by atoms with Crippen molar-refractivity contribution in [1.82, 2.24) is 9.78 Å². The summed E-state index contributed by atoms with van der Waals surface area (Å²) in [5, 5.41) is 7.84. The maximum atomic E-state index is 14.2. The van der Waals surface area contributed by atoms with Crippen LogP contribution in [0, 0.1) is 5.82 Å². The summed E-state index contributed by atoms with van der Waals surface area (Å²) in [6.45, 7) is 0. The second kappa shape index (κ2) is 5.76. The van der Waals surface area contributed by atoms with Crippen LogP contribution in [0.2, 0.25) is 5.02 Å². The van der Waals surface area contributed by atoms with Gasteiger partial charge in [-0.3, -0.25) is 4.79 Å². The lowest BCUT2D eigenvalue weighted by atomic mass is 9.87. The molecule has 0 aliphatic carbocycles. The van der Waals surface area contributed by atoms with Crippen LogP contribution in [0.1, 0.15) is 23.5 Å². The molecule has 2 heterocycles. The van der Waals surface area contributed by atoms with E-state index in [4.69, 9.17) is 11.6 Å². The summed E-state index contributed by atoms with van der Waals surface area (Å²) in [6.07, 6.45) is 1.88.